The van der Waals surface area contributed by atoms with E-state index in [1.165, 1.54) is 21.1 Å². The lowest BCUT2D eigenvalue weighted by Gasteiger charge is -2.39. The van der Waals surface area contributed by atoms with Crippen molar-refractivity contribution in [2.75, 3.05) is 14.2 Å². The second kappa shape index (κ2) is 5.31. The molecule has 0 spiro atoms. The number of carbonyl (C=O) groups is 1. The van der Waals surface area contributed by atoms with E-state index in [-0.39, 0.29) is 0 Å². The Morgan fingerprint density at radius 2 is 1.90 bits per heavy atom. The van der Waals surface area contributed by atoms with Gasteiger partial charge in [0.05, 0.1) is 19.6 Å². The van der Waals surface area contributed by atoms with Crippen molar-refractivity contribution in [3.8, 4) is 11.5 Å². The Morgan fingerprint density at radius 1 is 1.30 bits per heavy atom. The number of halogens is 1. The topological polar surface area (TPSA) is 55.8 Å². The largest absolute Gasteiger partial charge is 0.496 e. The number of hydrogen-bond donors (Lipinski definition) is 1. The molecule has 1 atom stereocenters. The summed E-state index contributed by atoms with van der Waals surface area (Å²) in [5.41, 5.74) is 0.00410. The summed E-state index contributed by atoms with van der Waals surface area (Å²) in [6.45, 7) is 1.41. The fourth-order valence-corrected chi connectivity index (χ4v) is 2.73. The summed E-state index contributed by atoms with van der Waals surface area (Å²) in [4.78, 5) is 11.6. The van der Waals surface area contributed by atoms with Crippen LogP contribution in [0.1, 0.15) is 43.5 Å². The van der Waals surface area contributed by atoms with Gasteiger partial charge in [0.25, 0.3) is 0 Å². The van der Waals surface area contributed by atoms with Gasteiger partial charge in [0.15, 0.2) is 0 Å². The van der Waals surface area contributed by atoms with Crippen molar-refractivity contribution in [1.82, 2.24) is 0 Å². The van der Waals surface area contributed by atoms with Crippen molar-refractivity contribution < 1.29 is 23.8 Å². The minimum atomic E-state index is -1.21. The van der Waals surface area contributed by atoms with E-state index < -0.39 is 17.6 Å². The quantitative estimate of drug-likeness (QED) is 0.900. The van der Waals surface area contributed by atoms with E-state index in [0.29, 0.717) is 35.5 Å². The molecule has 1 aliphatic rings. The molecule has 0 aromatic heterocycles. The Balaban J connectivity index is 2.61. The minimum Gasteiger partial charge on any atom is -0.496 e. The van der Waals surface area contributed by atoms with Crippen LogP contribution in [0.5, 0.6) is 11.5 Å². The number of rotatable bonds is 5. The van der Waals surface area contributed by atoms with Crippen LogP contribution in [0.3, 0.4) is 0 Å². The molecule has 1 saturated carbocycles. The Labute approximate surface area is 117 Å². The molecule has 5 heteroatoms. The first kappa shape index (κ1) is 14.6. The minimum absolute atomic E-state index is 0.364. The van der Waals surface area contributed by atoms with Gasteiger partial charge in [-0.05, 0) is 31.9 Å². The van der Waals surface area contributed by atoms with E-state index in [1.54, 1.807) is 12.1 Å². The van der Waals surface area contributed by atoms with Crippen molar-refractivity contribution in [3.63, 3.8) is 0 Å². The van der Waals surface area contributed by atoms with Crippen molar-refractivity contribution in [3.05, 3.63) is 23.3 Å². The predicted octanol–water partition coefficient (Wildman–Crippen LogP) is 3.24. The summed E-state index contributed by atoms with van der Waals surface area (Å²) >= 11 is 0. The van der Waals surface area contributed by atoms with Gasteiger partial charge in [0.2, 0.25) is 0 Å². The monoisotopic (exact) mass is 282 g/mol. The molecule has 0 amide bonds. The van der Waals surface area contributed by atoms with Crippen molar-refractivity contribution in [1.29, 1.82) is 0 Å². The van der Waals surface area contributed by atoms with Gasteiger partial charge in [-0.25, -0.2) is 4.39 Å². The Kier molecular flexibility index (Phi) is 3.88. The lowest BCUT2D eigenvalue weighted by Crippen LogP contribution is -2.42. The van der Waals surface area contributed by atoms with Gasteiger partial charge in [-0.1, -0.05) is 6.42 Å². The van der Waals surface area contributed by atoms with Gasteiger partial charge >= 0.3 is 5.97 Å². The van der Waals surface area contributed by atoms with Gasteiger partial charge in [-0.15, -0.1) is 0 Å². The Morgan fingerprint density at radius 3 is 2.25 bits per heavy atom. The lowest BCUT2D eigenvalue weighted by atomic mass is 9.64. The first-order valence-electron chi connectivity index (χ1n) is 6.60. The van der Waals surface area contributed by atoms with E-state index in [9.17, 15) is 14.3 Å². The number of carboxylic acids is 1. The number of alkyl halides is 1. The highest BCUT2D eigenvalue weighted by molar-refractivity contribution is 5.84. The molecule has 2 rings (SSSR count). The van der Waals surface area contributed by atoms with E-state index in [1.807, 2.05) is 0 Å². The van der Waals surface area contributed by atoms with Crippen LogP contribution in [-0.4, -0.2) is 25.3 Å². The van der Waals surface area contributed by atoms with Crippen LogP contribution >= 0.6 is 0 Å². The maximum absolute atomic E-state index is 13.6. The van der Waals surface area contributed by atoms with Crippen molar-refractivity contribution >= 4 is 5.97 Å². The molecule has 110 valence electrons. The van der Waals surface area contributed by atoms with Gasteiger partial charge in [0.1, 0.15) is 17.7 Å². The zero-order chi connectivity index (χ0) is 14.9. The van der Waals surface area contributed by atoms with Crippen LogP contribution in [0, 0.1) is 0 Å². The van der Waals surface area contributed by atoms with Crippen LogP contribution in [0.2, 0.25) is 0 Å². The molecule has 0 saturated heterocycles. The lowest BCUT2D eigenvalue weighted by molar-refractivity contribution is -0.147. The summed E-state index contributed by atoms with van der Waals surface area (Å²) in [5, 5.41) is 9.53. The summed E-state index contributed by atoms with van der Waals surface area (Å²) in [6.07, 6.45) is 0.771. The molecule has 4 nitrogen and oxygen atoms in total. The van der Waals surface area contributed by atoms with Gasteiger partial charge < -0.3 is 14.6 Å². The molecule has 1 unspecified atom stereocenters. The maximum atomic E-state index is 13.6. The maximum Gasteiger partial charge on any atom is 0.314 e. The normalized spacial score (nSPS) is 18.0. The number of aliphatic carboxylic acids is 1. The SMILES string of the molecule is COc1cc(C2(C(=O)O)CCC2)c(OC)cc1C(C)F. The summed E-state index contributed by atoms with van der Waals surface area (Å²) in [6, 6.07) is 3.15. The molecule has 1 N–H and O–H groups in total. The molecule has 0 aliphatic heterocycles. The third-order valence-corrected chi connectivity index (χ3v) is 4.11. The second-order valence-electron chi connectivity index (χ2n) is 5.15. The summed E-state index contributed by atoms with van der Waals surface area (Å²) in [5.74, 6) is -0.0964. The predicted molar refractivity (Wildman–Crippen MR) is 72.2 cm³/mol. The standard InChI is InChI=1S/C15H19FO4/c1-9(16)10-7-13(20-3)11(8-12(10)19-2)15(14(17)18)5-4-6-15/h7-9H,4-6H2,1-3H3,(H,17,18). The van der Waals surface area contributed by atoms with Gasteiger partial charge in [-0.3, -0.25) is 4.79 Å². The average Bonchev–Trinajstić information content (AvgIpc) is 2.36. The highest BCUT2D eigenvalue weighted by atomic mass is 19.1. The van der Waals surface area contributed by atoms with Gasteiger partial charge in [0, 0.05) is 11.1 Å². The molecule has 20 heavy (non-hydrogen) atoms. The number of benzene rings is 1. The molecule has 0 radical (unpaired) electrons. The molecule has 0 bridgehead atoms. The zero-order valence-corrected chi connectivity index (χ0v) is 11.9. The molecule has 1 aliphatic carbocycles. The van der Waals surface area contributed by atoms with E-state index in [4.69, 9.17) is 9.47 Å². The molecular formula is C15H19FO4. The first-order valence-corrected chi connectivity index (χ1v) is 6.60. The van der Waals surface area contributed by atoms with E-state index in [0.717, 1.165) is 6.42 Å². The van der Waals surface area contributed by atoms with Crippen molar-refractivity contribution in [2.24, 2.45) is 0 Å². The summed E-state index contributed by atoms with van der Waals surface area (Å²) in [7, 11) is 2.91. The summed E-state index contributed by atoms with van der Waals surface area (Å²) < 4.78 is 24.1. The van der Waals surface area contributed by atoms with E-state index in [2.05, 4.69) is 0 Å². The fourth-order valence-electron chi connectivity index (χ4n) is 2.73. The molecule has 0 heterocycles. The van der Waals surface area contributed by atoms with Crippen molar-refractivity contribution in [2.45, 2.75) is 37.8 Å². The van der Waals surface area contributed by atoms with Crippen LogP contribution in [-0.2, 0) is 10.2 Å². The molecule has 1 aromatic carbocycles. The second-order valence-corrected chi connectivity index (χ2v) is 5.15. The first-order chi connectivity index (χ1) is 9.46. The number of hydrogen-bond acceptors (Lipinski definition) is 3. The Hall–Kier alpha value is -1.78. The molecular weight excluding hydrogens is 263 g/mol. The average molecular weight is 282 g/mol. The number of carboxylic acid groups (broad SMARTS) is 1. The molecule has 1 aromatic rings. The number of ether oxygens (including phenoxy) is 2. The third kappa shape index (κ3) is 2.11. The van der Waals surface area contributed by atoms with Crippen LogP contribution in [0.4, 0.5) is 4.39 Å². The third-order valence-electron chi connectivity index (χ3n) is 4.11. The van der Waals surface area contributed by atoms with Crippen LogP contribution in [0.25, 0.3) is 0 Å². The smallest absolute Gasteiger partial charge is 0.314 e. The highest BCUT2D eigenvalue weighted by Crippen LogP contribution is 2.49. The zero-order valence-electron chi connectivity index (χ0n) is 11.9. The Bertz CT molecular complexity index is 521. The molecule has 1 fully saturated rings. The highest BCUT2D eigenvalue weighted by Gasteiger charge is 2.48. The fraction of sp³-hybridized carbons (Fsp3) is 0.533. The van der Waals surface area contributed by atoms with Crippen LogP contribution < -0.4 is 9.47 Å². The van der Waals surface area contributed by atoms with E-state index >= 15 is 0 Å². The van der Waals surface area contributed by atoms with Crippen LogP contribution in [0.15, 0.2) is 12.1 Å². The van der Waals surface area contributed by atoms with Gasteiger partial charge in [-0.2, -0.15) is 0 Å². The number of methoxy groups -OCH3 is 2.